The van der Waals surface area contributed by atoms with Gasteiger partial charge in [-0.2, -0.15) is 0 Å². The van der Waals surface area contributed by atoms with Crippen molar-refractivity contribution >= 4 is 11.4 Å². The van der Waals surface area contributed by atoms with Crippen LogP contribution < -0.4 is 0 Å². The molecule has 2 aromatic rings. The Bertz CT molecular complexity index is 1180. The first-order chi connectivity index (χ1) is 22.9. The maximum atomic E-state index is 11.6. The molecule has 0 aromatic heterocycles. The Balaban J connectivity index is 0.000000597. The molecule has 2 aromatic carbocycles. The van der Waals surface area contributed by atoms with Gasteiger partial charge in [-0.15, -0.1) is 0 Å². The fraction of sp³-hybridized carbons (Fsp3) is 0.636. The normalized spacial score (nSPS) is 12.9. The first kappa shape index (κ1) is 41.2. The predicted octanol–water partition coefficient (Wildman–Crippen LogP) is 14.8. The van der Waals surface area contributed by atoms with Crippen molar-refractivity contribution in [2.75, 3.05) is 0 Å². The molecule has 3 rings (SSSR count). The van der Waals surface area contributed by atoms with E-state index in [1.165, 1.54) is 139 Å². The molecule has 0 bridgehead atoms. The second kappa shape index (κ2) is 25.1. The number of allylic oxidation sites excluding steroid dienone is 2. The van der Waals surface area contributed by atoms with E-state index in [0.717, 1.165) is 49.1 Å². The number of rotatable bonds is 23. The summed E-state index contributed by atoms with van der Waals surface area (Å²) in [6.07, 6.45) is 26.4. The van der Waals surface area contributed by atoms with E-state index in [2.05, 4.69) is 90.9 Å². The molecule has 266 valence electrons. The Morgan fingerprint density at radius 1 is 0.511 bits per heavy atom. The molecular weight excluding hydrogens is 615 g/mol. The summed E-state index contributed by atoms with van der Waals surface area (Å²) >= 11 is 1.97. The van der Waals surface area contributed by atoms with Gasteiger partial charge in [-0.3, -0.25) is 0 Å². The average Bonchev–Trinajstić information content (AvgIpc) is 3.39. The third-order valence-corrected chi connectivity index (χ3v) is 10.4. The van der Waals surface area contributed by atoms with Crippen LogP contribution >= 0.6 is 0 Å². The fourth-order valence-electron chi connectivity index (χ4n) is 6.34. The van der Waals surface area contributed by atoms with Crippen LogP contribution in [0.5, 0.6) is 0 Å². The summed E-state index contributed by atoms with van der Waals surface area (Å²) in [7, 11) is 0. The molecule has 3 heteroatoms. The van der Waals surface area contributed by atoms with Crippen LogP contribution in [-0.4, -0.2) is 4.70 Å². The molecule has 0 saturated carbocycles. The van der Waals surface area contributed by atoms with Gasteiger partial charge in [0.25, 0.3) is 0 Å². The zero-order valence-electron chi connectivity index (χ0n) is 31.6. The van der Waals surface area contributed by atoms with Crippen LogP contribution in [0.25, 0.3) is 16.9 Å². The second-order valence-electron chi connectivity index (χ2n) is 13.7. The van der Waals surface area contributed by atoms with Crippen molar-refractivity contribution in [2.24, 2.45) is 0 Å². The van der Waals surface area contributed by atoms with Crippen molar-refractivity contribution in [3.63, 3.8) is 0 Å². The summed E-state index contributed by atoms with van der Waals surface area (Å²) in [5.41, 5.74) is 22.3. The quantitative estimate of drug-likeness (QED) is 0.0632. The van der Waals surface area contributed by atoms with Gasteiger partial charge in [0.15, 0.2) is 0 Å². The van der Waals surface area contributed by atoms with Gasteiger partial charge >= 0.3 is 77.6 Å². The molecule has 0 saturated heterocycles. The number of benzene rings is 2. The van der Waals surface area contributed by atoms with Gasteiger partial charge in [-0.1, -0.05) is 89.0 Å². The van der Waals surface area contributed by atoms with Crippen LogP contribution in [0.2, 0.25) is 10.8 Å². The molecule has 47 heavy (non-hydrogen) atoms. The van der Waals surface area contributed by atoms with E-state index >= 15 is 0 Å². The molecule has 1 aliphatic heterocycles. The number of aryl methyl sites for hydroxylation is 4. The van der Waals surface area contributed by atoms with Crippen LogP contribution in [0.15, 0.2) is 48.0 Å². The predicted molar refractivity (Wildman–Crippen MR) is 205 cm³/mol. The van der Waals surface area contributed by atoms with E-state index in [-0.39, 0.29) is 0 Å². The molecule has 0 fully saturated rings. The molecule has 1 aliphatic rings. The Morgan fingerprint density at radius 3 is 1.49 bits per heavy atom. The van der Waals surface area contributed by atoms with Gasteiger partial charge in [0.1, 0.15) is 0 Å². The Kier molecular flexibility index (Phi) is 22.0. The summed E-state index contributed by atoms with van der Waals surface area (Å²) in [6.45, 7) is 15.6. The Hall–Kier alpha value is -1.99. The zero-order valence-corrected chi connectivity index (χ0v) is 32.6. The van der Waals surface area contributed by atoms with Gasteiger partial charge in [0.05, 0.1) is 0 Å². The summed E-state index contributed by atoms with van der Waals surface area (Å²) in [4.78, 5) is 0. The van der Waals surface area contributed by atoms with Crippen molar-refractivity contribution in [1.29, 1.82) is 0 Å². The van der Waals surface area contributed by atoms with E-state index in [4.69, 9.17) is 0 Å². The minimum absolute atomic E-state index is 0.903. The number of unbranched alkanes of at least 4 members (excludes halogenated alkanes) is 11. The van der Waals surface area contributed by atoms with Crippen LogP contribution in [-0.2, 0) is 27.3 Å². The summed E-state index contributed by atoms with van der Waals surface area (Å²) < 4.78 is 1.48. The van der Waals surface area contributed by atoms with E-state index in [0.29, 0.717) is 0 Å². The van der Waals surface area contributed by atoms with Crippen molar-refractivity contribution < 1.29 is 19.1 Å². The van der Waals surface area contributed by atoms with E-state index in [1.807, 2.05) is 14.4 Å². The first-order valence-corrected chi connectivity index (χ1v) is 20.9. The first-order valence-electron chi connectivity index (χ1n) is 19.5. The molecule has 2 nitrogen and oxygen atoms in total. The maximum absolute atomic E-state index is 11.6. The molecular formula is C44H70N2Ni. The third kappa shape index (κ3) is 15.8. The molecule has 0 unspecified atom stereocenters. The van der Waals surface area contributed by atoms with Crippen LogP contribution in [0, 0.1) is 13.8 Å². The zero-order chi connectivity index (χ0) is 34.3. The van der Waals surface area contributed by atoms with Gasteiger partial charge < -0.3 is 5.53 Å². The van der Waals surface area contributed by atoms with Gasteiger partial charge in [0, 0.05) is 22.8 Å². The SMILES string of the molecule is CCCCCCc1cc(CCCCCC)cc(C2=C(CCCC)C=C(c3cc(C)cc(C)c3)[N+]2=[N-])c1.CCCC[CH2][Ni][CH2]CCCC. The van der Waals surface area contributed by atoms with Crippen molar-refractivity contribution in [1.82, 2.24) is 0 Å². The van der Waals surface area contributed by atoms with Crippen molar-refractivity contribution in [2.45, 2.75) is 181 Å². The van der Waals surface area contributed by atoms with Gasteiger partial charge in [-0.25, -0.2) is 4.70 Å². The molecule has 0 aliphatic carbocycles. The second-order valence-corrected chi connectivity index (χ2v) is 15.2. The van der Waals surface area contributed by atoms with E-state index in [9.17, 15) is 5.53 Å². The summed E-state index contributed by atoms with van der Waals surface area (Å²) in [5, 5.41) is 2.81. The average molecular weight is 686 g/mol. The van der Waals surface area contributed by atoms with Gasteiger partial charge in [0.2, 0.25) is 11.4 Å². The fourth-order valence-corrected chi connectivity index (χ4v) is 7.57. The van der Waals surface area contributed by atoms with E-state index < -0.39 is 0 Å². The topological polar surface area (TPSA) is 25.3 Å². The standard InChI is InChI=1S/C34H48N2.2C5H11.Ni/c1-6-9-12-14-16-28-22-29(17-15-13-10-7-2)24-32(23-28)34-30(18-11-8-3)25-33(36(34)35)31-20-26(4)19-27(5)21-31;2*1-3-5-4-2;/h19-25H,6-18H2,1-5H3;2*1,3-5H2,2H3;. The minimum atomic E-state index is 0.903. The summed E-state index contributed by atoms with van der Waals surface area (Å²) in [6, 6.07) is 13.7. The molecule has 1 heterocycles. The summed E-state index contributed by atoms with van der Waals surface area (Å²) in [5.74, 6) is 0. The van der Waals surface area contributed by atoms with Gasteiger partial charge in [-0.05, 0) is 87.8 Å². The van der Waals surface area contributed by atoms with Crippen molar-refractivity contribution in [3.8, 4) is 0 Å². The third-order valence-electron chi connectivity index (χ3n) is 8.99. The molecule has 0 radical (unpaired) electrons. The number of nitrogens with zero attached hydrogens (tertiary/aromatic N) is 2. The Morgan fingerprint density at radius 2 is 1.00 bits per heavy atom. The number of hydrogen-bond acceptors (Lipinski definition) is 0. The van der Waals surface area contributed by atoms with E-state index in [1.54, 1.807) is 0 Å². The molecule has 0 N–H and O–H groups in total. The Labute approximate surface area is 297 Å². The van der Waals surface area contributed by atoms with Crippen LogP contribution in [0.1, 0.15) is 177 Å². The monoisotopic (exact) mass is 684 g/mol. The molecule has 0 spiro atoms. The van der Waals surface area contributed by atoms with Crippen LogP contribution in [0.4, 0.5) is 0 Å². The molecule has 0 amide bonds. The number of hydrogen-bond donors (Lipinski definition) is 0. The van der Waals surface area contributed by atoms with Crippen LogP contribution in [0.3, 0.4) is 0 Å². The molecule has 0 atom stereocenters. The van der Waals surface area contributed by atoms with Crippen molar-refractivity contribution in [3.05, 3.63) is 87.0 Å².